The van der Waals surface area contributed by atoms with Crippen molar-refractivity contribution in [3.05, 3.63) is 39.1 Å². The second kappa shape index (κ2) is 7.43. The fourth-order valence-corrected chi connectivity index (χ4v) is 3.40. The number of rotatable bonds is 4. The van der Waals surface area contributed by atoms with Crippen LogP contribution in [0.5, 0.6) is 5.75 Å². The summed E-state index contributed by atoms with van der Waals surface area (Å²) in [7, 11) is 0. The molecule has 0 unspecified atom stereocenters. The summed E-state index contributed by atoms with van der Waals surface area (Å²) in [5.41, 5.74) is 4.08. The number of H-pyrrole nitrogens is 1. The molecule has 6 nitrogen and oxygen atoms in total. The summed E-state index contributed by atoms with van der Waals surface area (Å²) in [4.78, 5) is 19.3. The normalized spacial score (nSPS) is 13.1. The second-order valence-electron chi connectivity index (χ2n) is 6.83. The largest absolute Gasteiger partial charge is 0.488 e. The lowest BCUT2D eigenvalue weighted by atomic mass is 10.1. The number of carbonyl (C=O) groups excluding carboxylic acids is 1. The van der Waals surface area contributed by atoms with E-state index in [2.05, 4.69) is 49.6 Å². The fraction of sp³-hybridized carbons (Fsp3) is 0.286. The number of halogens is 1. The van der Waals surface area contributed by atoms with Gasteiger partial charge >= 0.3 is 5.91 Å². The lowest BCUT2D eigenvalue weighted by Gasteiger charge is -2.25. The predicted octanol–water partition coefficient (Wildman–Crippen LogP) is 4.41. The molecule has 0 aliphatic heterocycles. The zero-order valence-corrected chi connectivity index (χ0v) is 18.0. The van der Waals surface area contributed by atoms with Gasteiger partial charge in [-0.3, -0.25) is 9.89 Å². The van der Waals surface area contributed by atoms with E-state index in [0.717, 1.165) is 33.1 Å². The van der Waals surface area contributed by atoms with Crippen molar-refractivity contribution in [1.29, 1.82) is 0 Å². The Hall–Kier alpha value is -2.60. The number of amides is 1. The van der Waals surface area contributed by atoms with E-state index in [1.807, 2.05) is 32.0 Å². The molecule has 28 heavy (non-hydrogen) atoms. The number of hydrogen-bond acceptors (Lipinski definition) is 4. The third-order valence-corrected chi connectivity index (χ3v) is 5.70. The molecule has 1 aromatic carbocycles. The van der Waals surface area contributed by atoms with Crippen LogP contribution in [0.15, 0.2) is 24.4 Å². The molecule has 0 saturated heterocycles. The third-order valence-electron chi connectivity index (χ3n) is 4.53. The molecular weight excluding hydrogens is 467 g/mol. The van der Waals surface area contributed by atoms with E-state index in [9.17, 15) is 4.79 Å². The molecule has 3 aromatic rings. The molecule has 1 aliphatic carbocycles. The van der Waals surface area contributed by atoms with E-state index in [4.69, 9.17) is 4.74 Å². The summed E-state index contributed by atoms with van der Waals surface area (Å²) < 4.78 is 7.23. The van der Waals surface area contributed by atoms with Crippen molar-refractivity contribution in [1.82, 2.24) is 15.2 Å². The molecule has 4 rings (SSSR count). The van der Waals surface area contributed by atoms with E-state index in [1.165, 1.54) is 0 Å². The highest BCUT2D eigenvalue weighted by Crippen LogP contribution is 2.40. The van der Waals surface area contributed by atoms with Gasteiger partial charge in [0.05, 0.1) is 23.5 Å². The van der Waals surface area contributed by atoms with Crippen LogP contribution in [0.25, 0.3) is 11.0 Å². The number of aryl methyl sites for hydroxylation is 2. The van der Waals surface area contributed by atoms with Crippen LogP contribution in [0.3, 0.4) is 0 Å². The molecule has 0 spiro atoms. The molecule has 2 aromatic heterocycles. The monoisotopic (exact) mass is 486 g/mol. The summed E-state index contributed by atoms with van der Waals surface area (Å²) in [6.07, 6.45) is 3.92. The zero-order chi connectivity index (χ0) is 19.8. The van der Waals surface area contributed by atoms with Crippen molar-refractivity contribution in [3.63, 3.8) is 0 Å². The van der Waals surface area contributed by atoms with Gasteiger partial charge in [0.25, 0.3) is 0 Å². The van der Waals surface area contributed by atoms with Crippen LogP contribution in [0.2, 0.25) is 0 Å². The maximum Gasteiger partial charge on any atom is 0.308 e. The van der Waals surface area contributed by atoms with E-state index in [-0.39, 0.29) is 12.0 Å². The van der Waals surface area contributed by atoms with Crippen molar-refractivity contribution in [2.24, 2.45) is 0 Å². The average molecular weight is 486 g/mol. The standard InChI is InChI=1S/C21H19IN4O2/c1-4-5-20(27)26(21-13(3)8-16-17(24-21)11-23-25-16)18-9-12(2)15(22)10-19(18)28-14-6-7-14/h8-11,14H,6-7H2,1-3H3,(H,23,25). The Morgan fingerprint density at radius 1 is 1.29 bits per heavy atom. The molecule has 0 atom stereocenters. The number of fused-ring (bicyclic) bond motifs is 1. The number of nitrogens with one attached hydrogen (secondary N) is 1. The molecule has 7 heteroatoms. The molecule has 0 radical (unpaired) electrons. The quantitative estimate of drug-likeness (QED) is 0.438. The third kappa shape index (κ3) is 3.56. The first-order valence-corrected chi connectivity index (χ1v) is 10.1. The van der Waals surface area contributed by atoms with E-state index >= 15 is 0 Å². The van der Waals surface area contributed by atoms with Crippen molar-refractivity contribution in [2.75, 3.05) is 4.90 Å². The summed E-state index contributed by atoms with van der Waals surface area (Å²) in [5.74, 6) is 6.23. The van der Waals surface area contributed by atoms with Gasteiger partial charge in [-0.1, -0.05) is 5.92 Å². The Balaban J connectivity index is 1.93. The number of ether oxygens (including phenoxy) is 1. The number of pyridine rings is 1. The first-order chi connectivity index (χ1) is 13.5. The highest BCUT2D eigenvalue weighted by molar-refractivity contribution is 14.1. The molecule has 1 aliphatic rings. The van der Waals surface area contributed by atoms with Gasteiger partial charge in [-0.25, -0.2) is 9.88 Å². The molecule has 1 saturated carbocycles. The summed E-state index contributed by atoms with van der Waals surface area (Å²) in [5, 5.41) is 6.96. The minimum Gasteiger partial charge on any atom is -0.488 e. The fourth-order valence-electron chi connectivity index (χ4n) is 2.96. The predicted molar refractivity (Wildman–Crippen MR) is 117 cm³/mol. The minimum absolute atomic E-state index is 0.205. The van der Waals surface area contributed by atoms with Gasteiger partial charge < -0.3 is 4.74 Å². The summed E-state index contributed by atoms with van der Waals surface area (Å²) in [6.45, 7) is 5.58. The van der Waals surface area contributed by atoms with E-state index in [1.54, 1.807) is 18.0 Å². The number of carbonyl (C=O) groups is 1. The number of anilines is 2. The van der Waals surface area contributed by atoms with Crippen molar-refractivity contribution < 1.29 is 9.53 Å². The van der Waals surface area contributed by atoms with Crippen molar-refractivity contribution in [3.8, 4) is 17.6 Å². The van der Waals surface area contributed by atoms with Crippen molar-refractivity contribution in [2.45, 2.75) is 39.7 Å². The van der Waals surface area contributed by atoms with Gasteiger partial charge in [0.2, 0.25) is 0 Å². The van der Waals surface area contributed by atoms with E-state index < -0.39 is 0 Å². The van der Waals surface area contributed by atoms with Crippen LogP contribution in [0.4, 0.5) is 11.5 Å². The summed E-state index contributed by atoms with van der Waals surface area (Å²) in [6, 6.07) is 5.88. The molecule has 2 heterocycles. The van der Waals surface area contributed by atoms with Gasteiger partial charge in [-0.2, -0.15) is 5.10 Å². The van der Waals surface area contributed by atoms with Crippen molar-refractivity contribution >= 4 is 51.0 Å². The lowest BCUT2D eigenvalue weighted by Crippen LogP contribution is -2.27. The number of aromatic nitrogens is 3. The van der Waals surface area contributed by atoms with Gasteiger partial charge in [0.1, 0.15) is 17.1 Å². The molecule has 142 valence electrons. The Kier molecular flexibility index (Phi) is 4.98. The smallest absolute Gasteiger partial charge is 0.308 e. The van der Waals surface area contributed by atoms with Crippen LogP contribution in [-0.4, -0.2) is 27.2 Å². The van der Waals surface area contributed by atoms with Crippen LogP contribution < -0.4 is 9.64 Å². The lowest BCUT2D eigenvalue weighted by molar-refractivity contribution is -0.112. The molecular formula is C21H19IN4O2. The number of nitrogens with zero attached hydrogens (tertiary/aromatic N) is 3. The topological polar surface area (TPSA) is 71.1 Å². The Bertz CT molecular complexity index is 1140. The first-order valence-electron chi connectivity index (χ1n) is 9.02. The summed E-state index contributed by atoms with van der Waals surface area (Å²) >= 11 is 2.28. The average Bonchev–Trinajstić information content (AvgIpc) is 3.35. The second-order valence-corrected chi connectivity index (χ2v) is 8.00. The van der Waals surface area contributed by atoms with Crippen LogP contribution in [0, 0.1) is 29.3 Å². The van der Waals surface area contributed by atoms with Gasteiger partial charge in [0, 0.05) is 3.57 Å². The first kappa shape index (κ1) is 18.7. The van der Waals surface area contributed by atoms with E-state index in [0.29, 0.717) is 22.8 Å². The van der Waals surface area contributed by atoms with Crippen LogP contribution >= 0.6 is 22.6 Å². The van der Waals surface area contributed by atoms with Gasteiger partial charge in [-0.15, -0.1) is 0 Å². The van der Waals surface area contributed by atoms with Gasteiger partial charge in [0.15, 0.2) is 0 Å². The minimum atomic E-state index is -0.345. The number of benzene rings is 1. The maximum absolute atomic E-state index is 13.1. The molecule has 0 bridgehead atoms. The number of aromatic amines is 1. The number of hydrogen-bond donors (Lipinski definition) is 1. The maximum atomic E-state index is 13.1. The van der Waals surface area contributed by atoms with Gasteiger partial charge in [-0.05, 0) is 91.5 Å². The highest BCUT2D eigenvalue weighted by atomic mass is 127. The molecule has 1 amide bonds. The Labute approximate surface area is 176 Å². The SMILES string of the molecule is CC#CC(=O)N(c1cc(C)c(I)cc1OC1CC1)c1nc2cn[nH]c2cc1C. The van der Waals surface area contributed by atoms with Crippen LogP contribution in [0.1, 0.15) is 30.9 Å². The molecule has 1 N–H and O–H groups in total. The Morgan fingerprint density at radius 3 is 2.79 bits per heavy atom. The molecule has 1 fully saturated rings. The van der Waals surface area contributed by atoms with Crippen LogP contribution in [-0.2, 0) is 4.79 Å². The zero-order valence-electron chi connectivity index (χ0n) is 15.8. The Morgan fingerprint density at radius 2 is 2.07 bits per heavy atom. The highest BCUT2D eigenvalue weighted by Gasteiger charge is 2.29.